The van der Waals surface area contributed by atoms with Crippen molar-refractivity contribution in [1.29, 1.82) is 0 Å². The molecule has 1 N–H and O–H groups in total. The molecule has 0 aliphatic rings. The molecule has 0 heterocycles. The van der Waals surface area contributed by atoms with Crippen LogP contribution < -0.4 is 5.32 Å². The van der Waals surface area contributed by atoms with Gasteiger partial charge in [-0.05, 0) is 68.5 Å². The van der Waals surface area contributed by atoms with Crippen LogP contribution in [0.25, 0.3) is 0 Å². The van der Waals surface area contributed by atoms with Gasteiger partial charge < -0.3 is 5.32 Å². The van der Waals surface area contributed by atoms with Crippen LogP contribution in [0.1, 0.15) is 43.9 Å². The first-order chi connectivity index (χ1) is 10.4. The van der Waals surface area contributed by atoms with E-state index < -0.39 is 0 Å². The van der Waals surface area contributed by atoms with E-state index in [9.17, 15) is 4.39 Å². The fourth-order valence-electron chi connectivity index (χ4n) is 2.87. The standard InChI is InChI=1S/C20H26FN/c1-5-8-16-11-12-18(21)13-17(16)14-20(3,4)22-19-10-7-6-9-15(19)2/h6-7,9-13,22H,5,8,14H2,1-4H3. The van der Waals surface area contributed by atoms with Crippen LogP contribution >= 0.6 is 0 Å². The summed E-state index contributed by atoms with van der Waals surface area (Å²) in [5, 5.41) is 3.60. The topological polar surface area (TPSA) is 12.0 Å². The van der Waals surface area contributed by atoms with Crippen molar-refractivity contribution in [1.82, 2.24) is 0 Å². The largest absolute Gasteiger partial charge is 0.380 e. The molecule has 2 rings (SSSR count). The van der Waals surface area contributed by atoms with Crippen LogP contribution in [-0.4, -0.2) is 5.54 Å². The van der Waals surface area contributed by atoms with Crippen molar-refractivity contribution in [3.8, 4) is 0 Å². The predicted octanol–water partition coefficient (Wildman–Crippen LogP) is 5.52. The molecule has 2 aromatic rings. The lowest BCUT2D eigenvalue weighted by Gasteiger charge is -2.29. The molecular weight excluding hydrogens is 273 g/mol. The second-order valence-electron chi connectivity index (χ2n) is 6.66. The third-order valence-electron chi connectivity index (χ3n) is 3.94. The van der Waals surface area contributed by atoms with Gasteiger partial charge in [0, 0.05) is 11.2 Å². The van der Waals surface area contributed by atoms with Gasteiger partial charge in [-0.3, -0.25) is 0 Å². The Morgan fingerprint density at radius 3 is 2.45 bits per heavy atom. The van der Waals surface area contributed by atoms with Crippen molar-refractivity contribution in [3.63, 3.8) is 0 Å². The van der Waals surface area contributed by atoms with E-state index in [2.05, 4.69) is 45.1 Å². The predicted molar refractivity (Wildman–Crippen MR) is 93.0 cm³/mol. The number of rotatable bonds is 6. The molecular formula is C20H26FN. The van der Waals surface area contributed by atoms with Gasteiger partial charge in [-0.15, -0.1) is 0 Å². The zero-order valence-corrected chi connectivity index (χ0v) is 14.0. The smallest absolute Gasteiger partial charge is 0.123 e. The van der Waals surface area contributed by atoms with Crippen LogP contribution in [0.5, 0.6) is 0 Å². The normalized spacial score (nSPS) is 11.5. The van der Waals surface area contributed by atoms with E-state index in [1.165, 1.54) is 11.1 Å². The lowest BCUT2D eigenvalue weighted by molar-refractivity contribution is 0.555. The number of para-hydroxylation sites is 1. The Bertz CT molecular complexity index is 631. The van der Waals surface area contributed by atoms with Gasteiger partial charge in [0.15, 0.2) is 0 Å². The summed E-state index contributed by atoms with van der Waals surface area (Å²) >= 11 is 0. The summed E-state index contributed by atoms with van der Waals surface area (Å²) in [6, 6.07) is 13.5. The van der Waals surface area contributed by atoms with Crippen molar-refractivity contribution < 1.29 is 4.39 Å². The molecule has 2 aromatic carbocycles. The van der Waals surface area contributed by atoms with Gasteiger partial charge in [0.2, 0.25) is 0 Å². The molecule has 0 saturated heterocycles. The molecule has 0 amide bonds. The van der Waals surface area contributed by atoms with Crippen LogP contribution in [0.2, 0.25) is 0 Å². The molecule has 1 nitrogen and oxygen atoms in total. The highest BCUT2D eigenvalue weighted by atomic mass is 19.1. The second kappa shape index (κ2) is 6.95. The first kappa shape index (κ1) is 16.5. The Hall–Kier alpha value is -1.83. The molecule has 22 heavy (non-hydrogen) atoms. The Morgan fingerprint density at radius 2 is 1.77 bits per heavy atom. The number of benzene rings is 2. The molecule has 0 fully saturated rings. The molecule has 0 radical (unpaired) electrons. The Labute approximate surface area is 133 Å². The summed E-state index contributed by atoms with van der Waals surface area (Å²) in [6.07, 6.45) is 2.87. The molecule has 0 unspecified atom stereocenters. The van der Waals surface area contributed by atoms with E-state index in [1.54, 1.807) is 12.1 Å². The maximum Gasteiger partial charge on any atom is 0.123 e. The van der Waals surface area contributed by atoms with Gasteiger partial charge in [-0.2, -0.15) is 0 Å². The average Bonchev–Trinajstić information content (AvgIpc) is 2.44. The lowest BCUT2D eigenvalue weighted by Crippen LogP contribution is -2.34. The Morgan fingerprint density at radius 1 is 1.05 bits per heavy atom. The molecule has 118 valence electrons. The Kier molecular flexibility index (Phi) is 5.23. The zero-order valence-electron chi connectivity index (χ0n) is 14.0. The van der Waals surface area contributed by atoms with E-state index >= 15 is 0 Å². The van der Waals surface area contributed by atoms with Crippen molar-refractivity contribution in [2.45, 2.75) is 52.5 Å². The second-order valence-corrected chi connectivity index (χ2v) is 6.66. The fraction of sp³-hybridized carbons (Fsp3) is 0.400. The highest BCUT2D eigenvalue weighted by molar-refractivity contribution is 5.52. The maximum absolute atomic E-state index is 13.6. The van der Waals surface area contributed by atoms with Crippen LogP contribution in [0, 0.1) is 12.7 Å². The van der Waals surface area contributed by atoms with E-state index in [-0.39, 0.29) is 11.4 Å². The zero-order chi connectivity index (χ0) is 16.2. The fourth-order valence-corrected chi connectivity index (χ4v) is 2.87. The quantitative estimate of drug-likeness (QED) is 0.740. The van der Waals surface area contributed by atoms with Gasteiger partial charge in [-0.1, -0.05) is 37.6 Å². The average molecular weight is 299 g/mol. The van der Waals surface area contributed by atoms with E-state index in [0.29, 0.717) is 0 Å². The van der Waals surface area contributed by atoms with Crippen molar-refractivity contribution in [2.24, 2.45) is 0 Å². The van der Waals surface area contributed by atoms with Crippen molar-refractivity contribution in [3.05, 3.63) is 65.0 Å². The molecule has 0 bridgehead atoms. The number of hydrogen-bond acceptors (Lipinski definition) is 1. The summed E-state index contributed by atoms with van der Waals surface area (Å²) in [4.78, 5) is 0. The maximum atomic E-state index is 13.6. The van der Waals surface area contributed by atoms with Gasteiger partial charge in [0.05, 0.1) is 0 Å². The summed E-state index contributed by atoms with van der Waals surface area (Å²) < 4.78 is 13.6. The molecule has 2 heteroatoms. The third kappa shape index (κ3) is 4.33. The van der Waals surface area contributed by atoms with Gasteiger partial charge in [0.1, 0.15) is 5.82 Å². The minimum absolute atomic E-state index is 0.137. The Balaban J connectivity index is 2.21. The number of halogens is 1. The van der Waals surface area contributed by atoms with Crippen LogP contribution in [0.4, 0.5) is 10.1 Å². The molecule has 0 atom stereocenters. The van der Waals surface area contributed by atoms with Gasteiger partial charge >= 0.3 is 0 Å². The minimum atomic E-state index is -0.151. The summed E-state index contributed by atoms with van der Waals surface area (Å²) in [5.74, 6) is -0.151. The van der Waals surface area contributed by atoms with E-state index in [1.807, 2.05) is 18.2 Å². The highest BCUT2D eigenvalue weighted by Crippen LogP contribution is 2.24. The number of nitrogens with one attached hydrogen (secondary N) is 1. The van der Waals surface area contributed by atoms with Crippen molar-refractivity contribution >= 4 is 5.69 Å². The molecule has 0 spiro atoms. The summed E-state index contributed by atoms with van der Waals surface area (Å²) in [5.41, 5.74) is 4.59. The number of anilines is 1. The van der Waals surface area contributed by atoms with Crippen LogP contribution in [0.3, 0.4) is 0 Å². The first-order valence-electron chi connectivity index (χ1n) is 8.02. The minimum Gasteiger partial charge on any atom is -0.380 e. The molecule has 0 aromatic heterocycles. The third-order valence-corrected chi connectivity index (χ3v) is 3.94. The van der Waals surface area contributed by atoms with E-state index in [4.69, 9.17) is 0 Å². The van der Waals surface area contributed by atoms with E-state index in [0.717, 1.165) is 30.5 Å². The first-order valence-corrected chi connectivity index (χ1v) is 8.02. The lowest BCUT2D eigenvalue weighted by atomic mass is 9.90. The van der Waals surface area contributed by atoms with Crippen LogP contribution in [0.15, 0.2) is 42.5 Å². The molecule has 0 aliphatic heterocycles. The number of aryl methyl sites for hydroxylation is 2. The van der Waals surface area contributed by atoms with Crippen LogP contribution in [-0.2, 0) is 12.8 Å². The highest BCUT2D eigenvalue weighted by Gasteiger charge is 2.20. The monoisotopic (exact) mass is 299 g/mol. The number of hydrogen-bond donors (Lipinski definition) is 1. The van der Waals surface area contributed by atoms with Crippen molar-refractivity contribution in [2.75, 3.05) is 5.32 Å². The molecule has 0 saturated carbocycles. The summed E-state index contributed by atoms with van der Waals surface area (Å²) in [7, 11) is 0. The van der Waals surface area contributed by atoms with Gasteiger partial charge in [-0.25, -0.2) is 4.39 Å². The van der Waals surface area contributed by atoms with Gasteiger partial charge in [0.25, 0.3) is 0 Å². The summed E-state index contributed by atoms with van der Waals surface area (Å²) in [6.45, 7) is 8.59. The SMILES string of the molecule is CCCc1ccc(F)cc1CC(C)(C)Nc1ccccc1C. The molecule has 0 aliphatic carbocycles.